The highest BCUT2D eigenvalue weighted by Gasteiger charge is 2.23. The lowest BCUT2D eigenvalue weighted by atomic mass is 10.2. The van der Waals surface area contributed by atoms with Crippen LogP contribution in [0.5, 0.6) is 11.5 Å². The molecule has 1 N–H and O–H groups in total. The molecule has 11 nitrogen and oxygen atoms in total. The molecule has 30 heavy (non-hydrogen) atoms. The van der Waals surface area contributed by atoms with Crippen molar-refractivity contribution in [1.29, 1.82) is 0 Å². The van der Waals surface area contributed by atoms with Gasteiger partial charge in [0.1, 0.15) is 24.8 Å². The van der Waals surface area contributed by atoms with Crippen LogP contribution in [-0.2, 0) is 0 Å². The number of hydrogen-bond acceptors (Lipinski definition) is 8. The molecular weight excluding hydrogens is 388 g/mol. The summed E-state index contributed by atoms with van der Waals surface area (Å²) < 4.78 is 12.2. The van der Waals surface area contributed by atoms with E-state index in [4.69, 9.17) is 9.47 Å². The Hall–Kier alpha value is -3.89. The fourth-order valence-electron chi connectivity index (χ4n) is 3.28. The highest BCUT2D eigenvalue weighted by molar-refractivity contribution is 5.91. The lowest BCUT2D eigenvalue weighted by Crippen LogP contribution is -2.50. The van der Waals surface area contributed by atoms with Crippen molar-refractivity contribution in [2.45, 2.75) is 0 Å². The van der Waals surface area contributed by atoms with Gasteiger partial charge in [0.15, 0.2) is 17.3 Å². The number of nitrogens with zero attached hydrogens (tertiary/aromatic N) is 7. The Bertz CT molecular complexity index is 1000. The Labute approximate surface area is 173 Å². The first-order chi connectivity index (χ1) is 14.7. The number of amides is 2. The number of benzene rings is 1. The predicted octanol–water partition coefficient (Wildman–Crippen LogP) is 1.43. The predicted molar refractivity (Wildman–Crippen MR) is 109 cm³/mol. The van der Waals surface area contributed by atoms with E-state index in [1.54, 1.807) is 48.3 Å². The maximum Gasteiger partial charge on any atom is 0.322 e. The van der Waals surface area contributed by atoms with E-state index in [1.807, 2.05) is 6.07 Å². The van der Waals surface area contributed by atoms with E-state index in [2.05, 4.69) is 30.3 Å². The van der Waals surface area contributed by atoms with Crippen LogP contribution < -0.4 is 19.7 Å². The summed E-state index contributed by atoms with van der Waals surface area (Å²) in [7, 11) is 3.10. The SMILES string of the molecule is COc1cccc(NC(=O)N2CCN(c3cc(-n4cncn4)ncn3)CC2)c1OC. The molecule has 0 radical (unpaired) electrons. The fraction of sp³-hybridized carbons (Fsp3) is 0.316. The topological polar surface area (TPSA) is 111 Å². The van der Waals surface area contributed by atoms with Gasteiger partial charge in [0.05, 0.1) is 19.9 Å². The second kappa shape index (κ2) is 8.64. The third-order valence-corrected chi connectivity index (χ3v) is 4.83. The third-order valence-electron chi connectivity index (χ3n) is 4.83. The van der Waals surface area contributed by atoms with Crippen LogP contribution in [-0.4, -0.2) is 76.1 Å². The molecular formula is C19H22N8O3. The van der Waals surface area contributed by atoms with Crippen molar-refractivity contribution in [2.75, 3.05) is 50.6 Å². The Morgan fingerprint density at radius 2 is 1.83 bits per heavy atom. The van der Waals surface area contributed by atoms with E-state index >= 15 is 0 Å². The van der Waals surface area contributed by atoms with Crippen LogP contribution in [0.25, 0.3) is 5.82 Å². The molecule has 2 aromatic heterocycles. The highest BCUT2D eigenvalue weighted by atomic mass is 16.5. The first-order valence-corrected chi connectivity index (χ1v) is 9.38. The molecule has 3 aromatic rings. The van der Waals surface area contributed by atoms with Gasteiger partial charge in [-0.1, -0.05) is 6.07 Å². The first-order valence-electron chi connectivity index (χ1n) is 9.38. The van der Waals surface area contributed by atoms with Crippen molar-refractivity contribution in [1.82, 2.24) is 29.6 Å². The molecule has 11 heteroatoms. The highest BCUT2D eigenvalue weighted by Crippen LogP contribution is 2.34. The van der Waals surface area contributed by atoms with E-state index < -0.39 is 0 Å². The summed E-state index contributed by atoms with van der Waals surface area (Å²) in [5, 5.41) is 7.00. The molecule has 0 atom stereocenters. The Kier molecular flexibility index (Phi) is 5.59. The van der Waals surface area contributed by atoms with E-state index in [-0.39, 0.29) is 6.03 Å². The zero-order valence-electron chi connectivity index (χ0n) is 16.7. The molecule has 1 aromatic carbocycles. The number of carbonyl (C=O) groups is 1. The molecule has 0 unspecified atom stereocenters. The van der Waals surface area contributed by atoms with Crippen molar-refractivity contribution in [3.05, 3.63) is 43.2 Å². The van der Waals surface area contributed by atoms with Gasteiger partial charge in [-0.2, -0.15) is 5.10 Å². The quantitative estimate of drug-likeness (QED) is 0.673. The second-order valence-corrected chi connectivity index (χ2v) is 6.52. The number of para-hydroxylation sites is 1. The molecule has 156 valence electrons. The maximum absolute atomic E-state index is 12.7. The third kappa shape index (κ3) is 3.95. The lowest BCUT2D eigenvalue weighted by molar-refractivity contribution is 0.208. The number of anilines is 2. The van der Waals surface area contributed by atoms with Gasteiger partial charge in [0.25, 0.3) is 0 Å². The van der Waals surface area contributed by atoms with Gasteiger partial charge >= 0.3 is 6.03 Å². The molecule has 0 bridgehead atoms. The van der Waals surface area contributed by atoms with Gasteiger partial charge < -0.3 is 24.6 Å². The normalized spacial score (nSPS) is 13.8. The van der Waals surface area contributed by atoms with Gasteiger partial charge in [-0.15, -0.1) is 0 Å². The van der Waals surface area contributed by atoms with Crippen LogP contribution in [0.2, 0.25) is 0 Å². The molecule has 3 heterocycles. The molecule has 0 spiro atoms. The van der Waals surface area contributed by atoms with Crippen molar-refractivity contribution < 1.29 is 14.3 Å². The molecule has 2 amide bonds. The Morgan fingerprint density at radius 1 is 1.03 bits per heavy atom. The number of piperazine rings is 1. The first kappa shape index (κ1) is 19.4. The van der Waals surface area contributed by atoms with Crippen LogP contribution >= 0.6 is 0 Å². The second-order valence-electron chi connectivity index (χ2n) is 6.52. The molecule has 0 aliphatic carbocycles. The molecule has 1 fully saturated rings. The van der Waals surface area contributed by atoms with Crippen molar-refractivity contribution in [3.63, 3.8) is 0 Å². The van der Waals surface area contributed by atoms with Gasteiger partial charge in [-0.25, -0.2) is 24.4 Å². The summed E-state index contributed by atoms with van der Waals surface area (Å²) in [6, 6.07) is 7.03. The van der Waals surface area contributed by atoms with E-state index in [0.717, 1.165) is 5.82 Å². The van der Waals surface area contributed by atoms with Crippen LogP contribution in [0.3, 0.4) is 0 Å². The number of ether oxygens (including phenoxy) is 2. The van der Waals surface area contributed by atoms with Crippen molar-refractivity contribution in [2.24, 2.45) is 0 Å². The molecule has 4 rings (SSSR count). The summed E-state index contributed by atoms with van der Waals surface area (Å²) in [5.74, 6) is 2.48. The number of rotatable bonds is 5. The maximum atomic E-state index is 12.7. The zero-order chi connectivity index (χ0) is 20.9. The van der Waals surface area contributed by atoms with Gasteiger partial charge in [-0.05, 0) is 12.1 Å². The van der Waals surface area contributed by atoms with Gasteiger partial charge in [0, 0.05) is 32.2 Å². The summed E-state index contributed by atoms with van der Waals surface area (Å²) in [6.07, 6.45) is 4.54. The van der Waals surface area contributed by atoms with Gasteiger partial charge in [-0.3, -0.25) is 0 Å². The number of nitrogens with one attached hydrogen (secondary N) is 1. The van der Waals surface area contributed by atoms with Crippen LogP contribution in [0.4, 0.5) is 16.3 Å². The van der Waals surface area contributed by atoms with Gasteiger partial charge in [0.2, 0.25) is 0 Å². The van der Waals surface area contributed by atoms with E-state index in [1.165, 1.54) is 12.7 Å². The lowest BCUT2D eigenvalue weighted by Gasteiger charge is -2.35. The van der Waals surface area contributed by atoms with Crippen molar-refractivity contribution in [3.8, 4) is 17.3 Å². The van der Waals surface area contributed by atoms with Crippen LogP contribution in [0, 0.1) is 0 Å². The summed E-state index contributed by atoms with van der Waals surface area (Å²) in [5.41, 5.74) is 0.567. The Morgan fingerprint density at radius 3 is 2.53 bits per heavy atom. The van der Waals surface area contributed by atoms with Crippen LogP contribution in [0.1, 0.15) is 0 Å². The summed E-state index contributed by atoms with van der Waals surface area (Å²) >= 11 is 0. The number of urea groups is 1. The number of carbonyl (C=O) groups excluding carboxylic acids is 1. The fourth-order valence-corrected chi connectivity index (χ4v) is 3.28. The minimum Gasteiger partial charge on any atom is -0.493 e. The average molecular weight is 410 g/mol. The van der Waals surface area contributed by atoms with Crippen molar-refractivity contribution >= 4 is 17.5 Å². The van der Waals surface area contributed by atoms with E-state index in [0.29, 0.717) is 49.2 Å². The zero-order valence-corrected chi connectivity index (χ0v) is 16.7. The largest absolute Gasteiger partial charge is 0.493 e. The number of aromatic nitrogens is 5. The Balaban J connectivity index is 1.39. The molecule has 1 aliphatic heterocycles. The smallest absolute Gasteiger partial charge is 0.322 e. The number of hydrogen-bond donors (Lipinski definition) is 1. The summed E-state index contributed by atoms with van der Waals surface area (Å²) in [6.45, 7) is 2.41. The summed E-state index contributed by atoms with van der Waals surface area (Å²) in [4.78, 5) is 29.1. The molecule has 1 saturated heterocycles. The average Bonchev–Trinajstić information content (AvgIpc) is 3.34. The molecule has 1 aliphatic rings. The van der Waals surface area contributed by atoms with E-state index in [9.17, 15) is 4.79 Å². The molecule has 0 saturated carbocycles. The minimum atomic E-state index is -0.188. The monoisotopic (exact) mass is 410 g/mol. The number of methoxy groups -OCH3 is 2. The standard InChI is InChI=1S/C19H22N8O3/c1-29-15-5-3-4-14(18(15)30-2)24-19(28)26-8-6-25(7-9-26)16-10-17(22-12-21-16)27-13-20-11-23-27/h3-5,10-13H,6-9H2,1-2H3,(H,24,28). The van der Waals surface area contributed by atoms with Crippen LogP contribution in [0.15, 0.2) is 43.2 Å². The minimum absolute atomic E-state index is 0.188.